The Hall–Kier alpha value is -2.26. The van der Waals surface area contributed by atoms with Crippen LogP contribution in [0.25, 0.3) is 5.57 Å². The topological polar surface area (TPSA) is 82.5 Å². The van der Waals surface area contributed by atoms with E-state index in [4.69, 9.17) is 16.0 Å². The molecular weight excluding hydrogens is 344 g/mol. The summed E-state index contributed by atoms with van der Waals surface area (Å²) in [5, 5.41) is 11.4. The Balaban J connectivity index is 1.89. The van der Waals surface area contributed by atoms with Gasteiger partial charge in [-0.15, -0.1) is 11.8 Å². The highest BCUT2D eigenvalue weighted by Crippen LogP contribution is 2.47. The molecule has 0 aromatic heterocycles. The zero-order chi connectivity index (χ0) is 18.9. The molecule has 3 rings (SSSR count). The summed E-state index contributed by atoms with van der Waals surface area (Å²) in [6.45, 7) is 4.15. The van der Waals surface area contributed by atoms with Crippen LogP contribution in [0.5, 0.6) is 0 Å². The molecule has 26 heavy (non-hydrogen) atoms. The van der Waals surface area contributed by atoms with E-state index in [2.05, 4.69) is 25.3 Å². The lowest BCUT2D eigenvalue weighted by atomic mass is 9.76. The third kappa shape index (κ3) is 3.12. The number of carbonyl (C=O) groups excluding carboxylic acids is 1. The minimum Gasteiger partial charge on any atom is -0.369 e. The van der Waals surface area contributed by atoms with Crippen molar-refractivity contribution in [2.24, 2.45) is 16.6 Å². The van der Waals surface area contributed by atoms with E-state index in [-0.39, 0.29) is 17.1 Å². The van der Waals surface area contributed by atoms with Crippen LogP contribution in [0.1, 0.15) is 44.2 Å². The van der Waals surface area contributed by atoms with Gasteiger partial charge in [0.2, 0.25) is 5.91 Å². The minimum absolute atomic E-state index is 0.0578. The maximum atomic E-state index is 12.8. The summed E-state index contributed by atoms with van der Waals surface area (Å²) < 4.78 is 0. The van der Waals surface area contributed by atoms with Crippen molar-refractivity contribution in [1.82, 2.24) is 4.90 Å². The Bertz CT molecular complexity index is 825. The van der Waals surface area contributed by atoms with Crippen molar-refractivity contribution in [3.63, 3.8) is 0 Å². The lowest BCUT2D eigenvalue weighted by Crippen LogP contribution is -2.58. The number of nitriles is 1. The van der Waals surface area contributed by atoms with Crippen LogP contribution in [0, 0.1) is 17.2 Å². The van der Waals surface area contributed by atoms with Crippen molar-refractivity contribution in [3.05, 3.63) is 40.8 Å². The van der Waals surface area contributed by atoms with Gasteiger partial charge in [-0.05, 0) is 48.4 Å². The minimum atomic E-state index is -0.528. The lowest BCUT2D eigenvalue weighted by Gasteiger charge is -2.43. The van der Waals surface area contributed by atoms with Crippen LogP contribution in [0.15, 0.2) is 34.7 Å². The molecule has 0 spiro atoms. The van der Waals surface area contributed by atoms with Gasteiger partial charge in [0.05, 0.1) is 23.1 Å². The van der Waals surface area contributed by atoms with Crippen molar-refractivity contribution in [2.45, 2.75) is 43.9 Å². The Kier molecular flexibility index (Phi) is 5.10. The molecule has 0 fully saturated rings. The van der Waals surface area contributed by atoms with Crippen LogP contribution < -0.4 is 5.73 Å². The van der Waals surface area contributed by atoms with Gasteiger partial charge in [0.1, 0.15) is 0 Å². The summed E-state index contributed by atoms with van der Waals surface area (Å²) in [5.74, 6) is 0.188. The second-order valence-corrected chi connectivity index (χ2v) is 8.18. The first-order chi connectivity index (χ1) is 12.4. The monoisotopic (exact) mass is 368 g/mol. The van der Waals surface area contributed by atoms with Crippen molar-refractivity contribution in [3.8, 4) is 6.07 Å². The molecule has 0 radical (unpaired) electrons. The maximum Gasteiger partial charge on any atom is 0.234 e. The summed E-state index contributed by atoms with van der Waals surface area (Å²) in [6.07, 6.45) is 2.54. The zero-order valence-corrected chi connectivity index (χ0v) is 16.2. The Labute approximate surface area is 159 Å². The largest absolute Gasteiger partial charge is 0.369 e. The third-order valence-electron chi connectivity index (χ3n) is 5.40. The van der Waals surface area contributed by atoms with Crippen LogP contribution in [-0.4, -0.2) is 34.6 Å². The third-order valence-corrected chi connectivity index (χ3v) is 6.80. The highest BCUT2D eigenvalue weighted by molar-refractivity contribution is 8.03. The van der Waals surface area contributed by atoms with Gasteiger partial charge in [-0.25, -0.2) is 4.99 Å². The Morgan fingerprint density at radius 2 is 2.27 bits per heavy atom. The fourth-order valence-electron chi connectivity index (χ4n) is 3.78. The van der Waals surface area contributed by atoms with Crippen LogP contribution in [0.4, 0.5) is 0 Å². The van der Waals surface area contributed by atoms with Crippen molar-refractivity contribution in [1.29, 1.82) is 5.26 Å². The smallest absolute Gasteiger partial charge is 0.234 e. The number of allylic oxidation sites excluding steroid dienone is 1. The molecule has 2 heterocycles. The summed E-state index contributed by atoms with van der Waals surface area (Å²) in [4.78, 5) is 19.1. The Morgan fingerprint density at radius 3 is 2.96 bits per heavy atom. The molecule has 2 aliphatic heterocycles. The standard InChI is InChI=1S/C20H24N4OS/c1-4-6-16-18(25)24(3)19(22)23-20(16,2)17-10-15(12-26-17)14-8-5-7-13(9-14)11-21/h5,7-9,12,16-17H,4,6,10H2,1-3H3,(H2,22,23)/t16-,17?,20-/m0/s1. The number of amides is 1. The van der Waals surface area contributed by atoms with Gasteiger partial charge in [0.15, 0.2) is 5.96 Å². The van der Waals surface area contributed by atoms with Crippen LogP contribution >= 0.6 is 11.8 Å². The second kappa shape index (κ2) is 7.16. The number of rotatable bonds is 4. The number of aliphatic imine (C=N–C) groups is 1. The molecule has 0 aliphatic carbocycles. The van der Waals surface area contributed by atoms with Gasteiger partial charge in [-0.1, -0.05) is 25.5 Å². The van der Waals surface area contributed by atoms with Crippen LogP contribution in [0.2, 0.25) is 0 Å². The fourth-order valence-corrected chi connectivity index (χ4v) is 5.11. The number of carbonyl (C=O) groups is 1. The molecule has 2 aliphatic rings. The molecule has 0 bridgehead atoms. The Morgan fingerprint density at radius 1 is 1.50 bits per heavy atom. The van der Waals surface area contributed by atoms with Gasteiger partial charge in [0, 0.05) is 12.3 Å². The van der Waals surface area contributed by atoms with Crippen molar-refractivity contribution >= 4 is 29.2 Å². The normalized spacial score (nSPS) is 28.5. The first-order valence-corrected chi connectivity index (χ1v) is 9.83. The molecule has 2 N–H and O–H groups in total. The fraction of sp³-hybridized carbons (Fsp3) is 0.450. The number of hydrogen-bond donors (Lipinski definition) is 1. The second-order valence-electron chi connectivity index (χ2n) is 7.10. The average Bonchev–Trinajstić information content (AvgIpc) is 3.14. The van der Waals surface area contributed by atoms with E-state index in [9.17, 15) is 4.79 Å². The molecule has 136 valence electrons. The SMILES string of the molecule is CCC[C@H]1C(=O)N(C)C(N)=N[C@]1(C)C1CC(c2cccc(C#N)c2)=CS1. The summed E-state index contributed by atoms with van der Waals surface area (Å²) in [7, 11) is 1.70. The van der Waals surface area contributed by atoms with Crippen LogP contribution in [0.3, 0.4) is 0 Å². The number of benzene rings is 1. The van der Waals surface area contributed by atoms with E-state index in [0.29, 0.717) is 11.5 Å². The van der Waals surface area contributed by atoms with Gasteiger partial charge in [-0.2, -0.15) is 5.26 Å². The van der Waals surface area contributed by atoms with E-state index in [1.54, 1.807) is 18.8 Å². The van der Waals surface area contributed by atoms with Gasteiger partial charge in [-0.3, -0.25) is 9.69 Å². The first kappa shape index (κ1) is 18.5. The molecule has 0 saturated carbocycles. The summed E-state index contributed by atoms with van der Waals surface area (Å²) in [6, 6.07) is 9.85. The van der Waals surface area contributed by atoms with E-state index in [1.807, 2.05) is 24.3 Å². The summed E-state index contributed by atoms with van der Waals surface area (Å²) in [5.41, 5.74) is 8.42. The lowest BCUT2D eigenvalue weighted by molar-refractivity contribution is -0.134. The van der Waals surface area contributed by atoms with Gasteiger partial charge < -0.3 is 5.73 Å². The first-order valence-electron chi connectivity index (χ1n) is 8.88. The predicted octanol–water partition coefficient (Wildman–Crippen LogP) is 3.37. The molecule has 6 heteroatoms. The molecule has 1 aromatic rings. The zero-order valence-electron chi connectivity index (χ0n) is 15.4. The molecule has 5 nitrogen and oxygen atoms in total. The van der Waals surface area contributed by atoms with Gasteiger partial charge >= 0.3 is 0 Å². The number of thioether (sulfide) groups is 1. The van der Waals surface area contributed by atoms with E-state index in [1.165, 1.54) is 10.5 Å². The summed E-state index contributed by atoms with van der Waals surface area (Å²) >= 11 is 1.72. The van der Waals surface area contributed by atoms with E-state index >= 15 is 0 Å². The van der Waals surface area contributed by atoms with E-state index < -0.39 is 5.54 Å². The number of guanidine groups is 1. The molecule has 3 atom stereocenters. The molecular formula is C20H24N4OS. The van der Waals surface area contributed by atoms with Gasteiger partial charge in [0.25, 0.3) is 0 Å². The number of nitrogens with zero attached hydrogens (tertiary/aromatic N) is 3. The predicted molar refractivity (Wildman–Crippen MR) is 106 cm³/mol. The highest BCUT2D eigenvalue weighted by atomic mass is 32.2. The van der Waals surface area contributed by atoms with Crippen LogP contribution in [-0.2, 0) is 4.79 Å². The molecule has 1 amide bonds. The number of hydrogen-bond acceptors (Lipinski definition) is 5. The maximum absolute atomic E-state index is 12.8. The quantitative estimate of drug-likeness (QED) is 0.883. The molecule has 1 aromatic carbocycles. The number of nitrogens with two attached hydrogens (primary N) is 1. The molecule has 0 saturated heterocycles. The van der Waals surface area contributed by atoms with E-state index in [0.717, 1.165) is 24.8 Å². The molecule has 1 unspecified atom stereocenters. The average molecular weight is 369 g/mol. The highest BCUT2D eigenvalue weighted by Gasteiger charge is 2.50. The van der Waals surface area contributed by atoms with Crippen molar-refractivity contribution in [2.75, 3.05) is 7.05 Å². The van der Waals surface area contributed by atoms with Crippen molar-refractivity contribution < 1.29 is 4.79 Å².